The normalized spacial score (nSPS) is 13.9. The van der Waals surface area contributed by atoms with Gasteiger partial charge in [-0.3, -0.25) is 4.79 Å². The molecule has 1 aliphatic rings. The van der Waals surface area contributed by atoms with Crippen LogP contribution in [0.3, 0.4) is 0 Å². The molecule has 0 radical (unpaired) electrons. The Bertz CT molecular complexity index is 732. The van der Waals surface area contributed by atoms with Gasteiger partial charge < -0.3 is 9.88 Å². The second-order valence-corrected chi connectivity index (χ2v) is 7.69. The minimum Gasteiger partial charge on any atom is -0.350 e. The van der Waals surface area contributed by atoms with Crippen molar-refractivity contribution in [3.63, 3.8) is 0 Å². The summed E-state index contributed by atoms with van der Waals surface area (Å²) in [5, 5.41) is 3.96. The fourth-order valence-electron chi connectivity index (χ4n) is 2.48. The highest BCUT2D eigenvalue weighted by Gasteiger charge is 2.25. The highest BCUT2D eigenvalue weighted by atomic mass is 32.2. The SMILES string of the molecule is CC(C)(C)C(=O)NCc1c(-c2ccc(F)cc2)nc2n1CCS2. The summed E-state index contributed by atoms with van der Waals surface area (Å²) in [5.74, 6) is 0.730. The molecule has 0 atom stereocenters. The summed E-state index contributed by atoms with van der Waals surface area (Å²) >= 11 is 1.71. The molecule has 0 spiro atoms. The van der Waals surface area contributed by atoms with Crippen molar-refractivity contribution in [1.82, 2.24) is 14.9 Å². The Morgan fingerprint density at radius 3 is 2.70 bits per heavy atom. The average molecular weight is 333 g/mol. The molecule has 0 saturated heterocycles. The number of benzene rings is 1. The van der Waals surface area contributed by atoms with E-state index in [4.69, 9.17) is 0 Å². The van der Waals surface area contributed by atoms with Crippen LogP contribution in [0.4, 0.5) is 4.39 Å². The molecule has 0 saturated carbocycles. The number of hydrogen-bond acceptors (Lipinski definition) is 3. The molecule has 0 unspecified atom stereocenters. The zero-order valence-corrected chi connectivity index (χ0v) is 14.3. The van der Waals surface area contributed by atoms with Gasteiger partial charge >= 0.3 is 0 Å². The van der Waals surface area contributed by atoms with Crippen molar-refractivity contribution in [3.05, 3.63) is 35.8 Å². The van der Waals surface area contributed by atoms with Crippen molar-refractivity contribution >= 4 is 17.7 Å². The number of imidazole rings is 1. The van der Waals surface area contributed by atoms with Gasteiger partial charge in [-0.25, -0.2) is 9.37 Å². The predicted octanol–water partition coefficient (Wildman–Crippen LogP) is 3.46. The van der Waals surface area contributed by atoms with Crippen molar-refractivity contribution in [3.8, 4) is 11.3 Å². The fraction of sp³-hybridized carbons (Fsp3) is 0.412. The Morgan fingerprint density at radius 1 is 1.35 bits per heavy atom. The number of carbonyl (C=O) groups is 1. The van der Waals surface area contributed by atoms with E-state index in [1.165, 1.54) is 12.1 Å². The number of fused-ring (bicyclic) bond motifs is 1. The zero-order valence-electron chi connectivity index (χ0n) is 13.5. The molecule has 0 bridgehead atoms. The van der Waals surface area contributed by atoms with Gasteiger partial charge in [-0.05, 0) is 24.3 Å². The van der Waals surface area contributed by atoms with Crippen LogP contribution in [0.15, 0.2) is 29.4 Å². The van der Waals surface area contributed by atoms with Crippen LogP contribution >= 0.6 is 11.8 Å². The summed E-state index contributed by atoms with van der Waals surface area (Å²) in [5.41, 5.74) is 2.24. The van der Waals surface area contributed by atoms with Gasteiger partial charge in [0.15, 0.2) is 5.16 Å². The highest BCUT2D eigenvalue weighted by molar-refractivity contribution is 7.99. The molecule has 1 aromatic carbocycles. The average Bonchev–Trinajstić information content (AvgIpc) is 3.05. The van der Waals surface area contributed by atoms with E-state index in [1.807, 2.05) is 20.8 Å². The first-order valence-electron chi connectivity index (χ1n) is 7.63. The molecule has 0 fully saturated rings. The van der Waals surface area contributed by atoms with Crippen molar-refractivity contribution in [2.24, 2.45) is 5.41 Å². The number of nitrogens with one attached hydrogen (secondary N) is 1. The number of carbonyl (C=O) groups excluding carboxylic acids is 1. The predicted molar refractivity (Wildman–Crippen MR) is 89.6 cm³/mol. The van der Waals surface area contributed by atoms with Crippen LogP contribution in [0.25, 0.3) is 11.3 Å². The first-order valence-corrected chi connectivity index (χ1v) is 8.61. The van der Waals surface area contributed by atoms with Crippen molar-refractivity contribution in [1.29, 1.82) is 0 Å². The van der Waals surface area contributed by atoms with Crippen molar-refractivity contribution in [2.45, 2.75) is 39.0 Å². The van der Waals surface area contributed by atoms with E-state index in [1.54, 1.807) is 23.9 Å². The van der Waals surface area contributed by atoms with Crippen LogP contribution in [0, 0.1) is 11.2 Å². The number of thioether (sulfide) groups is 1. The molecule has 122 valence electrons. The van der Waals surface area contributed by atoms with E-state index in [0.717, 1.165) is 34.4 Å². The maximum atomic E-state index is 13.2. The van der Waals surface area contributed by atoms with Gasteiger partial charge in [-0.2, -0.15) is 0 Å². The van der Waals surface area contributed by atoms with Gasteiger partial charge in [-0.15, -0.1) is 0 Å². The Labute approximate surface area is 139 Å². The summed E-state index contributed by atoms with van der Waals surface area (Å²) < 4.78 is 15.3. The third-order valence-electron chi connectivity index (χ3n) is 3.80. The van der Waals surface area contributed by atoms with Crippen LogP contribution in [0.5, 0.6) is 0 Å². The van der Waals surface area contributed by atoms with Crippen LogP contribution in [-0.4, -0.2) is 21.2 Å². The molecule has 6 heteroatoms. The summed E-state index contributed by atoms with van der Waals surface area (Å²) in [4.78, 5) is 16.8. The van der Waals surface area contributed by atoms with Crippen LogP contribution in [0.2, 0.25) is 0 Å². The Morgan fingerprint density at radius 2 is 2.04 bits per heavy atom. The lowest BCUT2D eigenvalue weighted by Gasteiger charge is -2.18. The van der Waals surface area contributed by atoms with Gasteiger partial charge in [-0.1, -0.05) is 32.5 Å². The van der Waals surface area contributed by atoms with Gasteiger partial charge in [0, 0.05) is 23.3 Å². The first-order chi connectivity index (χ1) is 10.9. The smallest absolute Gasteiger partial charge is 0.225 e. The number of halogens is 1. The number of nitrogens with zero attached hydrogens (tertiary/aromatic N) is 2. The Hall–Kier alpha value is -1.82. The Balaban J connectivity index is 1.92. The van der Waals surface area contributed by atoms with E-state index >= 15 is 0 Å². The molecule has 2 aromatic rings. The van der Waals surface area contributed by atoms with E-state index in [-0.39, 0.29) is 11.7 Å². The van der Waals surface area contributed by atoms with Crippen LogP contribution in [-0.2, 0) is 17.9 Å². The van der Waals surface area contributed by atoms with Gasteiger partial charge in [0.25, 0.3) is 0 Å². The van der Waals surface area contributed by atoms with E-state index in [2.05, 4.69) is 14.9 Å². The second-order valence-electron chi connectivity index (χ2n) is 6.63. The van der Waals surface area contributed by atoms with E-state index < -0.39 is 5.41 Å². The number of amides is 1. The number of hydrogen-bond donors (Lipinski definition) is 1. The topological polar surface area (TPSA) is 46.9 Å². The molecule has 3 rings (SSSR count). The highest BCUT2D eigenvalue weighted by Crippen LogP contribution is 2.33. The molecular formula is C17H20FN3OS. The van der Waals surface area contributed by atoms with Crippen molar-refractivity contribution in [2.75, 3.05) is 5.75 Å². The van der Waals surface area contributed by atoms with Gasteiger partial charge in [0.1, 0.15) is 5.82 Å². The molecule has 23 heavy (non-hydrogen) atoms. The van der Waals surface area contributed by atoms with E-state index in [9.17, 15) is 9.18 Å². The fourth-order valence-corrected chi connectivity index (χ4v) is 3.45. The summed E-state index contributed by atoms with van der Waals surface area (Å²) in [6, 6.07) is 6.33. The van der Waals surface area contributed by atoms with Gasteiger partial charge in [0.2, 0.25) is 5.91 Å². The summed E-state index contributed by atoms with van der Waals surface area (Å²) in [6.07, 6.45) is 0. The molecular weight excluding hydrogens is 313 g/mol. The third-order valence-corrected chi connectivity index (χ3v) is 4.76. The monoisotopic (exact) mass is 333 g/mol. The largest absolute Gasteiger partial charge is 0.350 e. The lowest BCUT2D eigenvalue weighted by molar-refractivity contribution is -0.128. The molecule has 1 aromatic heterocycles. The molecule has 4 nitrogen and oxygen atoms in total. The minimum atomic E-state index is -0.432. The minimum absolute atomic E-state index is 0.00348. The lowest BCUT2D eigenvalue weighted by atomic mass is 9.95. The first kappa shape index (κ1) is 16.1. The summed E-state index contributed by atoms with van der Waals surface area (Å²) in [7, 11) is 0. The van der Waals surface area contributed by atoms with E-state index in [0.29, 0.717) is 6.54 Å². The maximum Gasteiger partial charge on any atom is 0.225 e. The Kier molecular flexibility index (Phi) is 4.19. The zero-order chi connectivity index (χ0) is 16.6. The number of aromatic nitrogens is 2. The molecule has 1 amide bonds. The molecule has 0 aliphatic carbocycles. The molecule has 1 aliphatic heterocycles. The lowest BCUT2D eigenvalue weighted by Crippen LogP contribution is -2.34. The second kappa shape index (κ2) is 6.00. The van der Waals surface area contributed by atoms with Crippen molar-refractivity contribution < 1.29 is 9.18 Å². The molecule has 1 N–H and O–H groups in total. The molecule has 2 heterocycles. The quantitative estimate of drug-likeness (QED) is 0.936. The van der Waals surface area contributed by atoms with Crippen LogP contribution < -0.4 is 5.32 Å². The summed E-state index contributed by atoms with van der Waals surface area (Å²) in [6.45, 7) is 6.98. The maximum absolute atomic E-state index is 13.2. The van der Waals surface area contributed by atoms with Crippen LogP contribution in [0.1, 0.15) is 26.5 Å². The van der Waals surface area contributed by atoms with Gasteiger partial charge in [0.05, 0.1) is 17.9 Å². The number of rotatable bonds is 3. The third kappa shape index (κ3) is 3.27. The standard InChI is InChI=1S/C17H20FN3OS/c1-17(2,3)15(22)19-10-13-14(11-4-6-12(18)7-5-11)20-16-21(13)8-9-23-16/h4-7H,8-10H2,1-3H3,(H,19,22).